The Kier molecular flexibility index (Phi) is 12.0. The van der Waals surface area contributed by atoms with Gasteiger partial charge in [0.05, 0.1) is 18.8 Å². The number of carboxylic acids is 1. The average Bonchev–Trinajstić information content (AvgIpc) is 3.28. The molecule has 15 nitrogen and oxygen atoms in total. The normalized spacial score (nSPS) is 14.2. The summed E-state index contributed by atoms with van der Waals surface area (Å²) in [6, 6.07) is -5.14. The second kappa shape index (κ2) is 14.4. The quantitative estimate of drug-likeness (QED) is 0.112. The number of aliphatic carboxylic acids is 1. The molecule has 0 aliphatic rings. The molecule has 4 unspecified atom stereocenters. The number of primary amides is 2. The highest BCUT2D eigenvalue weighted by Crippen LogP contribution is 2.08. The van der Waals surface area contributed by atoms with E-state index in [0.717, 1.165) is 0 Å². The molecule has 0 aromatic carbocycles. The number of nitrogens with one attached hydrogen (secondary N) is 4. The van der Waals surface area contributed by atoms with E-state index in [9.17, 15) is 33.9 Å². The van der Waals surface area contributed by atoms with Gasteiger partial charge in [-0.05, 0) is 18.8 Å². The number of carbonyl (C=O) groups is 6. The van der Waals surface area contributed by atoms with E-state index in [0.29, 0.717) is 5.69 Å². The molecule has 0 aliphatic carbocycles. The Bertz CT molecular complexity index is 935. The van der Waals surface area contributed by atoms with Crippen molar-refractivity contribution in [3.8, 4) is 0 Å². The van der Waals surface area contributed by atoms with Crippen molar-refractivity contribution < 1.29 is 33.9 Å². The molecule has 0 bridgehead atoms. The van der Waals surface area contributed by atoms with E-state index in [1.165, 1.54) is 12.5 Å². The summed E-state index contributed by atoms with van der Waals surface area (Å²) in [6.45, 7) is 3.57. The molecule has 5 amide bonds. The smallest absolute Gasteiger partial charge is 0.326 e. The zero-order valence-corrected chi connectivity index (χ0v) is 20.2. The fourth-order valence-corrected chi connectivity index (χ4v) is 3.18. The van der Waals surface area contributed by atoms with Crippen LogP contribution in [-0.4, -0.2) is 74.7 Å². The highest BCUT2D eigenvalue weighted by Gasteiger charge is 2.31. The van der Waals surface area contributed by atoms with Gasteiger partial charge >= 0.3 is 5.97 Å². The summed E-state index contributed by atoms with van der Waals surface area (Å²) in [5.41, 5.74) is 16.4. The van der Waals surface area contributed by atoms with Crippen LogP contribution in [-0.2, 0) is 35.2 Å². The largest absolute Gasteiger partial charge is 0.480 e. The lowest BCUT2D eigenvalue weighted by molar-refractivity contribution is -0.142. The molecule has 0 saturated carbocycles. The van der Waals surface area contributed by atoms with E-state index in [4.69, 9.17) is 17.2 Å². The van der Waals surface area contributed by atoms with Crippen LogP contribution in [0.15, 0.2) is 12.5 Å². The number of aromatic nitrogens is 2. The molecule has 0 radical (unpaired) electrons. The Morgan fingerprint density at radius 1 is 0.944 bits per heavy atom. The molecule has 1 heterocycles. The van der Waals surface area contributed by atoms with Gasteiger partial charge in [-0.15, -0.1) is 0 Å². The highest BCUT2D eigenvalue weighted by molar-refractivity contribution is 5.96. The Labute approximate surface area is 207 Å². The number of hydrogen-bond acceptors (Lipinski definition) is 8. The van der Waals surface area contributed by atoms with Crippen molar-refractivity contribution in [3.63, 3.8) is 0 Å². The monoisotopic (exact) mass is 510 g/mol. The van der Waals surface area contributed by atoms with E-state index < -0.39 is 66.1 Å². The molecule has 36 heavy (non-hydrogen) atoms. The van der Waals surface area contributed by atoms with Gasteiger partial charge in [0.15, 0.2) is 0 Å². The van der Waals surface area contributed by atoms with Gasteiger partial charge < -0.3 is 43.2 Å². The van der Waals surface area contributed by atoms with Gasteiger partial charge in [0, 0.05) is 24.7 Å². The minimum absolute atomic E-state index is 0.0764. The molecule has 0 aliphatic heterocycles. The number of nitrogens with zero attached hydrogens (tertiary/aromatic N) is 1. The van der Waals surface area contributed by atoms with Crippen LogP contribution >= 0.6 is 0 Å². The minimum atomic E-state index is -1.46. The van der Waals surface area contributed by atoms with Gasteiger partial charge in [0.1, 0.15) is 18.1 Å². The molecule has 0 saturated heterocycles. The minimum Gasteiger partial charge on any atom is -0.480 e. The fourth-order valence-electron chi connectivity index (χ4n) is 3.18. The van der Waals surface area contributed by atoms with Gasteiger partial charge in [0.2, 0.25) is 29.5 Å². The van der Waals surface area contributed by atoms with Gasteiger partial charge in [0.25, 0.3) is 0 Å². The second-order valence-electron chi connectivity index (χ2n) is 8.71. The van der Waals surface area contributed by atoms with Gasteiger partial charge in [-0.1, -0.05) is 13.8 Å². The van der Waals surface area contributed by atoms with E-state index in [1.54, 1.807) is 13.8 Å². The summed E-state index contributed by atoms with van der Waals surface area (Å²) in [7, 11) is 0. The molecular weight excluding hydrogens is 476 g/mol. The van der Waals surface area contributed by atoms with Crippen LogP contribution in [0, 0.1) is 5.92 Å². The maximum atomic E-state index is 12.9. The molecule has 15 heteroatoms. The van der Waals surface area contributed by atoms with Crippen molar-refractivity contribution in [3.05, 3.63) is 18.2 Å². The first kappa shape index (κ1) is 30.0. The number of H-pyrrole nitrogens is 1. The molecule has 200 valence electrons. The third kappa shape index (κ3) is 10.9. The maximum absolute atomic E-state index is 12.9. The summed E-state index contributed by atoms with van der Waals surface area (Å²) in [5.74, 6) is -5.46. The Morgan fingerprint density at radius 2 is 1.53 bits per heavy atom. The predicted octanol–water partition coefficient (Wildman–Crippen LogP) is -2.99. The van der Waals surface area contributed by atoms with Crippen molar-refractivity contribution in [2.45, 2.75) is 70.1 Å². The molecule has 0 fully saturated rings. The molecule has 1 aromatic heterocycles. The average molecular weight is 511 g/mol. The number of carbonyl (C=O) groups excluding carboxylic acids is 5. The van der Waals surface area contributed by atoms with Crippen molar-refractivity contribution >= 4 is 35.5 Å². The molecule has 11 N–H and O–H groups in total. The lowest BCUT2D eigenvalue weighted by Crippen LogP contribution is -2.58. The van der Waals surface area contributed by atoms with Crippen LogP contribution in [0.4, 0.5) is 0 Å². The third-order valence-corrected chi connectivity index (χ3v) is 5.01. The molecule has 1 rings (SSSR count). The summed E-state index contributed by atoms with van der Waals surface area (Å²) < 4.78 is 0. The summed E-state index contributed by atoms with van der Waals surface area (Å²) in [5, 5.41) is 16.6. The summed E-state index contributed by atoms with van der Waals surface area (Å²) in [4.78, 5) is 78.8. The molecule has 1 aromatic rings. The standard InChI is InChI=1S/C21H34N8O7/c1-10(2)5-13(19(33)29-15(21(35)36)6-11-8-25-9-26-11)28-20(34)14(7-17(24)31)27-18(32)12(22)3-4-16(23)30/h8-10,12-15H,3-7,22H2,1-2H3,(H2,23,30)(H2,24,31)(H,25,26)(H,27,32)(H,28,34)(H,29,33)(H,35,36). The lowest BCUT2D eigenvalue weighted by Gasteiger charge is -2.25. The van der Waals surface area contributed by atoms with E-state index in [2.05, 4.69) is 25.9 Å². The van der Waals surface area contributed by atoms with Gasteiger partial charge in [-0.2, -0.15) is 0 Å². The van der Waals surface area contributed by atoms with Crippen molar-refractivity contribution in [2.75, 3.05) is 0 Å². The zero-order valence-electron chi connectivity index (χ0n) is 20.2. The number of hydrogen-bond donors (Lipinski definition) is 8. The zero-order chi connectivity index (χ0) is 27.4. The van der Waals surface area contributed by atoms with Crippen molar-refractivity contribution in [1.29, 1.82) is 0 Å². The summed E-state index contributed by atoms with van der Waals surface area (Å²) >= 11 is 0. The SMILES string of the molecule is CC(C)CC(NC(=O)C(CC(N)=O)NC(=O)C(N)CCC(N)=O)C(=O)NC(Cc1cnc[nH]1)C(=O)O. The van der Waals surface area contributed by atoms with Gasteiger partial charge in [-0.25, -0.2) is 9.78 Å². The Balaban J connectivity index is 2.96. The van der Waals surface area contributed by atoms with Crippen LogP contribution in [0.5, 0.6) is 0 Å². The topological polar surface area (TPSA) is 265 Å². The molecule has 0 spiro atoms. The van der Waals surface area contributed by atoms with Crippen molar-refractivity contribution in [2.24, 2.45) is 23.1 Å². The van der Waals surface area contributed by atoms with Crippen LogP contribution in [0.1, 0.15) is 45.2 Å². The van der Waals surface area contributed by atoms with Crippen LogP contribution in [0.2, 0.25) is 0 Å². The number of carboxylic acid groups (broad SMARTS) is 1. The number of aromatic amines is 1. The Hall–Kier alpha value is -4.01. The highest BCUT2D eigenvalue weighted by atomic mass is 16.4. The van der Waals surface area contributed by atoms with Crippen LogP contribution < -0.4 is 33.2 Å². The van der Waals surface area contributed by atoms with Crippen LogP contribution in [0.25, 0.3) is 0 Å². The first-order valence-electron chi connectivity index (χ1n) is 11.2. The van der Waals surface area contributed by atoms with Crippen LogP contribution in [0.3, 0.4) is 0 Å². The van der Waals surface area contributed by atoms with E-state index >= 15 is 0 Å². The van der Waals surface area contributed by atoms with Gasteiger partial charge in [-0.3, -0.25) is 24.0 Å². The lowest BCUT2D eigenvalue weighted by atomic mass is 10.0. The summed E-state index contributed by atoms with van der Waals surface area (Å²) in [6.07, 6.45) is 1.99. The number of nitrogens with two attached hydrogens (primary N) is 3. The number of amides is 5. The van der Waals surface area contributed by atoms with E-state index in [-0.39, 0.29) is 31.6 Å². The first-order valence-corrected chi connectivity index (χ1v) is 11.2. The maximum Gasteiger partial charge on any atom is 0.326 e. The van der Waals surface area contributed by atoms with E-state index in [1.807, 2.05) is 0 Å². The number of imidazole rings is 1. The number of rotatable bonds is 16. The predicted molar refractivity (Wildman–Crippen MR) is 125 cm³/mol. The second-order valence-corrected chi connectivity index (χ2v) is 8.71. The Morgan fingerprint density at radius 3 is 2.03 bits per heavy atom. The van der Waals surface area contributed by atoms with Crippen molar-refractivity contribution in [1.82, 2.24) is 25.9 Å². The molecular formula is C21H34N8O7. The third-order valence-electron chi connectivity index (χ3n) is 5.01. The fraction of sp³-hybridized carbons (Fsp3) is 0.571. The first-order chi connectivity index (χ1) is 16.8. The molecule has 4 atom stereocenters.